The molecule has 4 aromatic rings. The van der Waals surface area contributed by atoms with Crippen LogP contribution in [0.4, 0.5) is 59.3 Å². The first-order chi connectivity index (χ1) is 38.0. The number of piperazine rings is 1. The smallest absolute Gasteiger partial charge is 0.407 e. The number of alkyl halides is 8. The van der Waals surface area contributed by atoms with Gasteiger partial charge in [0, 0.05) is 72.9 Å². The van der Waals surface area contributed by atoms with Gasteiger partial charge in [-0.2, -0.15) is 26.3 Å². The first-order valence-corrected chi connectivity index (χ1v) is 25.4. The van der Waals surface area contributed by atoms with Gasteiger partial charge in [-0.3, -0.25) is 24.9 Å². The Kier molecular flexibility index (Phi) is 18.8. The predicted octanol–water partition coefficient (Wildman–Crippen LogP) is 7.27. The van der Waals surface area contributed by atoms with Crippen molar-refractivity contribution < 1.29 is 82.8 Å². The van der Waals surface area contributed by atoms with Crippen LogP contribution in [0.5, 0.6) is 0 Å². The third-order valence-corrected chi connectivity index (χ3v) is 14.9. The fourth-order valence-corrected chi connectivity index (χ4v) is 9.75. The molecule has 6 N–H and O–H groups in total. The summed E-state index contributed by atoms with van der Waals surface area (Å²) in [4.78, 5) is 65.2. The highest BCUT2D eigenvalue weighted by Gasteiger charge is 2.57. The van der Waals surface area contributed by atoms with Crippen molar-refractivity contribution in [2.45, 2.75) is 115 Å². The number of carboxylic acid groups (broad SMARTS) is 1. The molecule has 5 heterocycles. The molecule has 0 radical (unpaired) electrons. The molecule has 0 spiro atoms. The molecule has 438 valence electrons. The second-order valence-corrected chi connectivity index (χ2v) is 21.1. The van der Waals surface area contributed by atoms with Gasteiger partial charge in [0.25, 0.3) is 12.3 Å². The molecular formula is C54H59F10N9O8. The molecular weight excluding hydrogens is 1090 g/mol. The molecule has 3 aliphatic heterocycles. The van der Waals surface area contributed by atoms with Gasteiger partial charge >= 0.3 is 24.5 Å². The minimum Gasteiger partial charge on any atom is -0.465 e. The zero-order chi connectivity index (χ0) is 59.4. The number of hydrogen-bond acceptors (Lipinski definition) is 12. The van der Waals surface area contributed by atoms with Gasteiger partial charge in [-0.25, -0.2) is 37.1 Å². The number of anilines is 1. The summed E-state index contributed by atoms with van der Waals surface area (Å²) in [5.41, 5.74) is -4.82. The van der Waals surface area contributed by atoms with E-state index in [1.165, 1.54) is 29.6 Å². The van der Waals surface area contributed by atoms with Crippen molar-refractivity contribution in [1.29, 1.82) is 0 Å². The van der Waals surface area contributed by atoms with Crippen molar-refractivity contribution in [3.63, 3.8) is 0 Å². The summed E-state index contributed by atoms with van der Waals surface area (Å²) in [5, 5.41) is 27.6. The number of hydrogen-bond donors (Lipinski definition) is 6. The van der Waals surface area contributed by atoms with Crippen LogP contribution in [0.3, 0.4) is 0 Å². The van der Waals surface area contributed by atoms with E-state index in [0.717, 1.165) is 82.5 Å². The molecule has 7 rings (SSSR count). The number of aromatic nitrogens is 2. The third kappa shape index (κ3) is 14.4. The zero-order valence-corrected chi connectivity index (χ0v) is 44.3. The molecule has 6 unspecified atom stereocenters. The van der Waals surface area contributed by atoms with Gasteiger partial charge in [0.2, 0.25) is 5.91 Å². The lowest BCUT2D eigenvalue weighted by Gasteiger charge is -2.47. The molecule has 3 fully saturated rings. The van der Waals surface area contributed by atoms with E-state index >= 15 is 8.78 Å². The molecule has 3 aliphatic rings. The van der Waals surface area contributed by atoms with E-state index < -0.39 is 120 Å². The van der Waals surface area contributed by atoms with Crippen LogP contribution in [0.2, 0.25) is 0 Å². The fraction of sp³-hybridized carbons (Fsp3) is 0.481. The second-order valence-electron chi connectivity index (χ2n) is 21.1. The molecule has 2 bridgehead atoms. The highest BCUT2D eigenvalue weighted by molar-refractivity contribution is 5.87. The van der Waals surface area contributed by atoms with E-state index in [0.29, 0.717) is 62.0 Å². The summed E-state index contributed by atoms with van der Waals surface area (Å²) in [7, 11) is 0.815. The highest BCUT2D eigenvalue weighted by Crippen LogP contribution is 2.42. The number of halogens is 10. The highest BCUT2D eigenvalue weighted by atomic mass is 19.4. The number of methoxy groups -OCH3 is 1. The Labute approximate surface area is 458 Å². The van der Waals surface area contributed by atoms with Gasteiger partial charge in [-0.05, 0) is 101 Å². The number of hydrazine groups is 1. The molecule has 2 aromatic carbocycles. The van der Waals surface area contributed by atoms with Crippen molar-refractivity contribution in [2.75, 3.05) is 44.9 Å². The molecule has 17 nitrogen and oxygen atoms in total. The SMILES string of the molecule is COC(=O)NC(C(=O)NC(Cc1ccc(C#Cc2ccc(N3CC4CCC(C3)N4C3COC3)nc2)cc1)C(O)CN(Cc1c(F)cc(-c2ccc(C(F)F)nc2)cc1F)NC(=O)C(NC(=O)O)C(C)(C)C(F)(F)F)C(C)(C)C(F)(F)F. The number of nitrogens with zero attached hydrogens (tertiary/aromatic N) is 5. The van der Waals surface area contributed by atoms with Gasteiger partial charge in [0.05, 0.1) is 49.3 Å². The summed E-state index contributed by atoms with van der Waals surface area (Å²) in [6, 6.07) is 7.53. The number of fused-ring (bicyclic) bond motifs is 2. The van der Waals surface area contributed by atoms with Crippen molar-refractivity contribution in [2.24, 2.45) is 10.8 Å². The number of carbonyl (C=O) groups excluding carboxylic acids is 3. The number of ether oxygens (including phenoxy) is 2. The normalized spacial score (nSPS) is 18.5. The molecule has 2 aromatic heterocycles. The van der Waals surface area contributed by atoms with Gasteiger partial charge in [-0.1, -0.05) is 30.0 Å². The van der Waals surface area contributed by atoms with Crippen molar-refractivity contribution >= 4 is 29.8 Å². The average Bonchev–Trinajstić information content (AvgIpc) is 3.68. The van der Waals surface area contributed by atoms with Crippen molar-refractivity contribution in [3.05, 3.63) is 113 Å². The average molecular weight is 1150 g/mol. The lowest BCUT2D eigenvalue weighted by atomic mass is 9.82. The van der Waals surface area contributed by atoms with E-state index in [-0.39, 0.29) is 16.7 Å². The number of aliphatic hydroxyl groups is 1. The summed E-state index contributed by atoms with van der Waals surface area (Å²) >= 11 is 0. The van der Waals surface area contributed by atoms with E-state index in [2.05, 4.69) is 41.7 Å². The Bertz CT molecular complexity index is 2920. The van der Waals surface area contributed by atoms with Crippen LogP contribution in [0.1, 0.15) is 74.9 Å². The zero-order valence-electron chi connectivity index (χ0n) is 44.3. The Morgan fingerprint density at radius 1 is 0.765 bits per heavy atom. The number of carbonyl (C=O) groups is 4. The maximum atomic E-state index is 16.1. The number of pyridine rings is 2. The lowest BCUT2D eigenvalue weighted by Crippen LogP contribution is -2.63. The molecule has 0 saturated carbocycles. The monoisotopic (exact) mass is 1150 g/mol. The van der Waals surface area contributed by atoms with Gasteiger partial charge in [0.1, 0.15) is 35.2 Å². The summed E-state index contributed by atoms with van der Waals surface area (Å²) in [5.74, 6) is 0.741. The molecule has 27 heteroatoms. The van der Waals surface area contributed by atoms with Gasteiger partial charge in [-0.15, -0.1) is 0 Å². The van der Waals surface area contributed by atoms with Gasteiger partial charge < -0.3 is 40.5 Å². The van der Waals surface area contributed by atoms with Crippen LogP contribution in [-0.2, 0) is 32.0 Å². The molecule has 3 saturated heterocycles. The summed E-state index contributed by atoms with van der Waals surface area (Å²) in [6.07, 6.45) is -14.9. The standard InChI is InChI=1S/C54H59F10N9O8/c1-51(2,53(59,60)61)44(69-50(79)80-5)47(75)67-41(18-30-9-6-29(7-10-30)8-11-31-12-17-43(66-21-31)71-23-34-14-15-35(24-71)73(34)36-27-81-28-36)42(74)26-72(70-48(76)45(68-49(77)78)52(3,4)54(62,63)64)25-37-38(55)19-33(20-39(37)56)32-13-16-40(46(57)58)65-22-32/h6-7,9-10,12-13,16-17,19-22,34-36,41-42,44-46,68,74H,14-15,18,23-28H2,1-5H3,(H,67,75)(H,69,79)(H,70,76)(H,77,78). The Hall–Kier alpha value is -7.28. The Balaban J connectivity index is 1.18. The number of nitrogens with one attached hydrogen (secondary N) is 4. The lowest BCUT2D eigenvalue weighted by molar-refractivity contribution is -0.221. The van der Waals surface area contributed by atoms with Crippen LogP contribution < -0.4 is 26.3 Å². The van der Waals surface area contributed by atoms with E-state index in [4.69, 9.17) is 4.74 Å². The first kappa shape index (κ1) is 61.3. The van der Waals surface area contributed by atoms with Crippen LogP contribution in [0.15, 0.2) is 73.1 Å². The van der Waals surface area contributed by atoms with Crippen LogP contribution in [0.25, 0.3) is 11.1 Å². The fourth-order valence-electron chi connectivity index (χ4n) is 9.75. The van der Waals surface area contributed by atoms with Crippen molar-refractivity contribution in [1.82, 2.24) is 41.3 Å². The molecule has 81 heavy (non-hydrogen) atoms. The molecule has 6 atom stereocenters. The summed E-state index contributed by atoms with van der Waals surface area (Å²) < 4.78 is 155. The molecule has 4 amide bonds. The predicted molar refractivity (Wildman–Crippen MR) is 271 cm³/mol. The number of rotatable bonds is 19. The first-order valence-electron chi connectivity index (χ1n) is 25.4. The maximum Gasteiger partial charge on any atom is 0.407 e. The van der Waals surface area contributed by atoms with Crippen molar-refractivity contribution in [3.8, 4) is 23.0 Å². The minimum atomic E-state index is -5.28. The number of aliphatic hydroxyl groups excluding tert-OH is 1. The number of amides is 4. The minimum absolute atomic E-state index is 0.0392. The second kappa shape index (κ2) is 24.8. The molecule has 0 aliphatic carbocycles. The van der Waals surface area contributed by atoms with E-state index in [9.17, 15) is 64.5 Å². The van der Waals surface area contributed by atoms with Gasteiger partial charge in [0.15, 0.2) is 0 Å². The largest absolute Gasteiger partial charge is 0.465 e. The quantitative estimate of drug-likeness (QED) is 0.0311. The Morgan fingerprint density at radius 3 is 1.84 bits per heavy atom. The van der Waals surface area contributed by atoms with E-state index in [1.54, 1.807) is 6.20 Å². The van der Waals surface area contributed by atoms with Crippen LogP contribution >= 0.6 is 0 Å². The van der Waals surface area contributed by atoms with Crippen LogP contribution in [0, 0.1) is 34.3 Å². The topological polar surface area (TPSA) is 211 Å². The number of benzene rings is 2. The maximum absolute atomic E-state index is 16.1. The van der Waals surface area contributed by atoms with E-state index in [1.807, 2.05) is 22.9 Å². The summed E-state index contributed by atoms with van der Waals surface area (Å²) in [6.45, 7) is 2.99. The third-order valence-electron chi connectivity index (χ3n) is 14.9. The Morgan fingerprint density at radius 2 is 1.35 bits per heavy atom. The van der Waals surface area contributed by atoms with Crippen LogP contribution in [-0.4, -0.2) is 149 Å². The number of alkyl carbamates (subject to hydrolysis) is 1.